The van der Waals surface area contributed by atoms with E-state index in [1.54, 1.807) is 13.8 Å². The van der Waals surface area contributed by atoms with E-state index in [0.29, 0.717) is 5.75 Å². The SMILES string of the molecule is CC(N)C(C)C(=O)NCC(O)COc1ccc(I)cc1. The molecule has 0 spiro atoms. The van der Waals surface area contributed by atoms with Crippen LogP contribution in [0.5, 0.6) is 5.75 Å². The maximum atomic E-state index is 11.7. The van der Waals surface area contributed by atoms with Crippen molar-refractivity contribution >= 4 is 28.5 Å². The number of carbonyl (C=O) groups is 1. The van der Waals surface area contributed by atoms with Crippen LogP contribution in [0.25, 0.3) is 0 Å². The van der Waals surface area contributed by atoms with Gasteiger partial charge in [0.1, 0.15) is 18.5 Å². The maximum absolute atomic E-state index is 11.7. The highest BCUT2D eigenvalue weighted by molar-refractivity contribution is 14.1. The van der Waals surface area contributed by atoms with Gasteiger partial charge in [-0.2, -0.15) is 0 Å². The molecule has 0 saturated heterocycles. The Bertz CT molecular complexity index is 423. The molecule has 1 rings (SSSR count). The van der Waals surface area contributed by atoms with Crippen molar-refractivity contribution in [3.05, 3.63) is 27.8 Å². The third-order valence-corrected chi connectivity index (χ3v) is 3.69. The van der Waals surface area contributed by atoms with Gasteiger partial charge in [-0.1, -0.05) is 6.92 Å². The van der Waals surface area contributed by atoms with E-state index in [2.05, 4.69) is 27.9 Å². The number of hydrogen-bond donors (Lipinski definition) is 3. The summed E-state index contributed by atoms with van der Waals surface area (Å²) >= 11 is 2.21. The van der Waals surface area contributed by atoms with Gasteiger partial charge in [0.05, 0.1) is 0 Å². The van der Waals surface area contributed by atoms with E-state index in [-0.39, 0.29) is 31.0 Å². The largest absolute Gasteiger partial charge is 0.491 e. The Morgan fingerprint density at radius 1 is 1.40 bits per heavy atom. The minimum Gasteiger partial charge on any atom is -0.491 e. The molecule has 0 saturated carbocycles. The number of nitrogens with two attached hydrogens (primary N) is 1. The number of benzene rings is 1. The monoisotopic (exact) mass is 392 g/mol. The Morgan fingerprint density at radius 2 is 2.00 bits per heavy atom. The maximum Gasteiger partial charge on any atom is 0.224 e. The third kappa shape index (κ3) is 6.06. The number of carbonyl (C=O) groups excluding carboxylic acids is 1. The van der Waals surface area contributed by atoms with Crippen molar-refractivity contribution in [1.82, 2.24) is 5.32 Å². The van der Waals surface area contributed by atoms with Gasteiger partial charge in [0.2, 0.25) is 5.91 Å². The number of amides is 1. The summed E-state index contributed by atoms with van der Waals surface area (Å²) in [6, 6.07) is 7.31. The summed E-state index contributed by atoms with van der Waals surface area (Å²) in [5.41, 5.74) is 5.64. The highest BCUT2D eigenvalue weighted by Gasteiger charge is 2.17. The van der Waals surface area contributed by atoms with Crippen LogP contribution in [0.4, 0.5) is 0 Å². The summed E-state index contributed by atoms with van der Waals surface area (Å²) in [7, 11) is 0. The Morgan fingerprint density at radius 3 is 2.55 bits per heavy atom. The molecule has 5 nitrogen and oxygen atoms in total. The zero-order valence-corrected chi connectivity index (χ0v) is 13.8. The fourth-order valence-electron chi connectivity index (χ4n) is 1.40. The molecule has 1 aromatic rings. The van der Waals surface area contributed by atoms with Crippen LogP contribution in [0.2, 0.25) is 0 Å². The molecule has 0 aliphatic heterocycles. The van der Waals surface area contributed by atoms with E-state index in [1.165, 1.54) is 0 Å². The number of nitrogens with one attached hydrogen (secondary N) is 1. The lowest BCUT2D eigenvalue weighted by atomic mass is 10.0. The lowest BCUT2D eigenvalue weighted by molar-refractivity contribution is -0.125. The molecule has 20 heavy (non-hydrogen) atoms. The van der Waals surface area contributed by atoms with E-state index in [9.17, 15) is 9.90 Å². The molecule has 0 fully saturated rings. The van der Waals surface area contributed by atoms with Gasteiger partial charge in [0, 0.05) is 22.1 Å². The summed E-state index contributed by atoms with van der Waals surface area (Å²) < 4.78 is 6.55. The summed E-state index contributed by atoms with van der Waals surface area (Å²) in [5, 5.41) is 12.4. The van der Waals surface area contributed by atoms with E-state index in [1.807, 2.05) is 24.3 Å². The van der Waals surface area contributed by atoms with E-state index < -0.39 is 6.10 Å². The molecule has 6 heteroatoms. The summed E-state index contributed by atoms with van der Waals surface area (Å²) in [5.74, 6) is 0.257. The summed E-state index contributed by atoms with van der Waals surface area (Å²) in [4.78, 5) is 11.7. The van der Waals surface area contributed by atoms with Gasteiger partial charge in [0.25, 0.3) is 0 Å². The van der Waals surface area contributed by atoms with Crippen molar-refractivity contribution < 1.29 is 14.6 Å². The zero-order chi connectivity index (χ0) is 15.1. The molecule has 0 bridgehead atoms. The first-order chi connectivity index (χ1) is 9.40. The van der Waals surface area contributed by atoms with E-state index in [4.69, 9.17) is 10.5 Å². The normalized spacial score (nSPS) is 15.2. The van der Waals surface area contributed by atoms with Crippen LogP contribution < -0.4 is 15.8 Å². The van der Waals surface area contributed by atoms with Crippen molar-refractivity contribution in [1.29, 1.82) is 0 Å². The fourth-order valence-corrected chi connectivity index (χ4v) is 1.76. The van der Waals surface area contributed by atoms with Crippen LogP contribution in [0, 0.1) is 9.49 Å². The average Bonchev–Trinajstić information content (AvgIpc) is 2.43. The molecular weight excluding hydrogens is 371 g/mol. The van der Waals surface area contributed by atoms with Crippen LogP contribution in [0.3, 0.4) is 0 Å². The quantitative estimate of drug-likeness (QED) is 0.608. The number of hydrogen-bond acceptors (Lipinski definition) is 4. The van der Waals surface area contributed by atoms with Crippen molar-refractivity contribution in [3.63, 3.8) is 0 Å². The van der Waals surface area contributed by atoms with Gasteiger partial charge >= 0.3 is 0 Å². The number of halogens is 1. The second kappa shape index (κ2) is 8.43. The van der Waals surface area contributed by atoms with Crippen molar-refractivity contribution in [2.45, 2.75) is 26.0 Å². The number of ether oxygens (including phenoxy) is 1. The topological polar surface area (TPSA) is 84.6 Å². The predicted molar refractivity (Wildman–Crippen MR) is 86.5 cm³/mol. The first-order valence-corrected chi connectivity index (χ1v) is 7.57. The first-order valence-electron chi connectivity index (χ1n) is 6.50. The summed E-state index contributed by atoms with van der Waals surface area (Å²) in [6.45, 7) is 3.82. The molecular formula is C14H21IN2O3. The second-order valence-corrected chi connectivity index (χ2v) is 6.06. The van der Waals surface area contributed by atoms with Gasteiger partial charge in [-0.3, -0.25) is 4.79 Å². The van der Waals surface area contributed by atoms with Crippen LogP contribution in [-0.4, -0.2) is 36.3 Å². The van der Waals surface area contributed by atoms with Crippen LogP contribution in [-0.2, 0) is 4.79 Å². The number of aliphatic hydroxyl groups excluding tert-OH is 1. The molecule has 0 aromatic heterocycles. The third-order valence-electron chi connectivity index (χ3n) is 2.97. The van der Waals surface area contributed by atoms with Gasteiger partial charge in [-0.25, -0.2) is 0 Å². The molecule has 4 N–H and O–H groups in total. The van der Waals surface area contributed by atoms with E-state index in [0.717, 1.165) is 3.57 Å². The molecule has 1 aromatic carbocycles. The number of aliphatic hydroxyl groups is 1. The van der Waals surface area contributed by atoms with Gasteiger partial charge in [-0.15, -0.1) is 0 Å². The Hall–Kier alpha value is -0.860. The number of rotatable bonds is 7. The molecule has 0 radical (unpaired) electrons. The van der Waals surface area contributed by atoms with Crippen molar-refractivity contribution in [2.24, 2.45) is 11.7 Å². The van der Waals surface area contributed by atoms with E-state index >= 15 is 0 Å². The molecule has 0 aliphatic carbocycles. The minimum atomic E-state index is -0.751. The molecule has 3 atom stereocenters. The van der Waals surface area contributed by atoms with Crippen LogP contribution >= 0.6 is 22.6 Å². The second-order valence-electron chi connectivity index (χ2n) is 4.81. The van der Waals surface area contributed by atoms with Crippen molar-refractivity contribution in [2.75, 3.05) is 13.2 Å². The Balaban J connectivity index is 2.28. The van der Waals surface area contributed by atoms with Gasteiger partial charge < -0.3 is 20.9 Å². The molecule has 112 valence electrons. The lowest BCUT2D eigenvalue weighted by Crippen LogP contribution is -2.42. The first kappa shape index (κ1) is 17.2. The molecule has 1 amide bonds. The standard InChI is InChI=1S/C14H21IN2O3/c1-9(10(2)16)14(19)17-7-12(18)8-20-13-5-3-11(15)4-6-13/h3-6,9-10,12,18H,7-8,16H2,1-2H3,(H,17,19). The van der Waals surface area contributed by atoms with Crippen molar-refractivity contribution in [3.8, 4) is 5.75 Å². The molecule has 0 aliphatic rings. The highest BCUT2D eigenvalue weighted by Crippen LogP contribution is 2.13. The molecule has 3 unspecified atom stereocenters. The lowest BCUT2D eigenvalue weighted by Gasteiger charge is -2.17. The zero-order valence-electron chi connectivity index (χ0n) is 11.7. The van der Waals surface area contributed by atoms with Gasteiger partial charge in [0.15, 0.2) is 0 Å². The fraction of sp³-hybridized carbons (Fsp3) is 0.500. The van der Waals surface area contributed by atoms with Crippen LogP contribution in [0.1, 0.15) is 13.8 Å². The smallest absolute Gasteiger partial charge is 0.224 e. The average molecular weight is 392 g/mol. The highest BCUT2D eigenvalue weighted by atomic mass is 127. The molecule has 0 heterocycles. The van der Waals surface area contributed by atoms with Gasteiger partial charge in [-0.05, 0) is 53.8 Å². The summed E-state index contributed by atoms with van der Waals surface area (Å²) in [6.07, 6.45) is -0.751. The Labute approximate surface area is 133 Å². The Kier molecular flexibility index (Phi) is 7.25. The minimum absolute atomic E-state index is 0.132. The predicted octanol–water partition coefficient (Wildman–Crippen LogP) is 1.13. The van der Waals surface area contributed by atoms with Crippen LogP contribution in [0.15, 0.2) is 24.3 Å².